The predicted molar refractivity (Wildman–Crippen MR) is 123 cm³/mol. The number of nitrogens with one attached hydrogen (secondary N) is 1. The fourth-order valence-electron chi connectivity index (χ4n) is 3.27. The van der Waals surface area contributed by atoms with Gasteiger partial charge in [0.2, 0.25) is 10.0 Å². The van der Waals surface area contributed by atoms with Crippen LogP contribution in [0.1, 0.15) is 41.8 Å². The third-order valence-corrected chi connectivity index (χ3v) is 8.11. The van der Waals surface area contributed by atoms with Crippen LogP contribution in [0, 0.1) is 5.92 Å². The minimum atomic E-state index is -3.74. The summed E-state index contributed by atoms with van der Waals surface area (Å²) in [5.41, 5.74) is 0.815. The van der Waals surface area contributed by atoms with E-state index < -0.39 is 27.9 Å². The number of aromatic nitrogens is 1. The van der Waals surface area contributed by atoms with E-state index in [0.717, 1.165) is 11.4 Å². The van der Waals surface area contributed by atoms with Crippen molar-refractivity contribution in [1.82, 2.24) is 14.6 Å². The van der Waals surface area contributed by atoms with Gasteiger partial charge in [-0.1, -0.05) is 26.8 Å². The molecule has 1 N–H and O–H groups in total. The van der Waals surface area contributed by atoms with Gasteiger partial charge in [0.1, 0.15) is 12.6 Å². The summed E-state index contributed by atoms with van der Waals surface area (Å²) in [6.07, 6.45) is 0.809. The molecule has 3 rings (SSSR count). The fourth-order valence-corrected chi connectivity index (χ4v) is 5.45. The Hall–Kier alpha value is -2.34. The molecule has 0 radical (unpaired) electrons. The zero-order chi connectivity index (χ0) is 24.0. The summed E-state index contributed by atoms with van der Waals surface area (Å²) in [4.78, 5) is 29.9. The molecule has 0 aliphatic carbocycles. The third kappa shape index (κ3) is 6.38. The molecule has 0 unspecified atom stereocenters. The largest absolute Gasteiger partial charge is 0.458 e. The molecule has 1 saturated heterocycles. The lowest BCUT2D eigenvalue weighted by molar-refractivity contribution is -0.148. The Morgan fingerprint density at radius 3 is 2.64 bits per heavy atom. The molecule has 9 nitrogen and oxygen atoms in total. The maximum absolute atomic E-state index is 12.9. The molecule has 1 aliphatic rings. The van der Waals surface area contributed by atoms with Crippen molar-refractivity contribution in [2.24, 2.45) is 5.92 Å². The number of hydrogen-bond acceptors (Lipinski definition) is 8. The van der Waals surface area contributed by atoms with Gasteiger partial charge < -0.3 is 14.8 Å². The van der Waals surface area contributed by atoms with Crippen LogP contribution in [0.3, 0.4) is 0 Å². The van der Waals surface area contributed by atoms with E-state index in [1.165, 1.54) is 39.9 Å². The first-order valence-electron chi connectivity index (χ1n) is 10.8. The van der Waals surface area contributed by atoms with Crippen LogP contribution in [-0.2, 0) is 37.3 Å². The summed E-state index contributed by atoms with van der Waals surface area (Å²) in [5, 5.41) is 5.49. The van der Waals surface area contributed by atoms with Crippen LogP contribution in [0.4, 0.5) is 0 Å². The number of thiazole rings is 1. The molecule has 0 bridgehead atoms. The fraction of sp³-hybridized carbons (Fsp3) is 0.500. The van der Waals surface area contributed by atoms with Crippen LogP contribution in [0.15, 0.2) is 34.5 Å². The maximum atomic E-state index is 12.9. The second-order valence-electron chi connectivity index (χ2n) is 7.93. The maximum Gasteiger partial charge on any atom is 0.329 e. The smallest absolute Gasteiger partial charge is 0.329 e. The normalized spacial score (nSPS) is 15.9. The number of hydrogen-bond donors (Lipinski definition) is 1. The average molecular weight is 496 g/mol. The monoisotopic (exact) mass is 495 g/mol. The first kappa shape index (κ1) is 25.3. The molecule has 1 aromatic heterocycles. The summed E-state index contributed by atoms with van der Waals surface area (Å²) in [6.45, 7) is 6.81. The van der Waals surface area contributed by atoms with Crippen LogP contribution in [0.25, 0.3) is 0 Å². The predicted octanol–water partition coefficient (Wildman–Crippen LogP) is 2.22. The van der Waals surface area contributed by atoms with Crippen molar-refractivity contribution in [3.63, 3.8) is 0 Å². The van der Waals surface area contributed by atoms with Gasteiger partial charge in [0, 0.05) is 24.0 Å². The number of aryl methyl sites for hydroxylation is 1. The number of amides is 1. The molecule has 1 aliphatic heterocycles. The molecule has 1 atom stereocenters. The van der Waals surface area contributed by atoms with E-state index in [1.54, 1.807) is 13.8 Å². The first-order valence-corrected chi connectivity index (χ1v) is 13.1. The van der Waals surface area contributed by atoms with Crippen LogP contribution in [-0.4, -0.2) is 61.9 Å². The van der Waals surface area contributed by atoms with Crippen molar-refractivity contribution in [2.75, 3.05) is 26.3 Å². The number of rotatable bonds is 9. The van der Waals surface area contributed by atoms with Crippen molar-refractivity contribution in [2.45, 2.75) is 44.7 Å². The second-order valence-corrected chi connectivity index (χ2v) is 10.8. The zero-order valence-corrected chi connectivity index (χ0v) is 20.6. The number of morpholine rings is 1. The molecular formula is C22H29N3O6S2. The highest BCUT2D eigenvalue weighted by Crippen LogP contribution is 2.19. The molecule has 1 fully saturated rings. The molecular weight excluding hydrogens is 466 g/mol. The zero-order valence-electron chi connectivity index (χ0n) is 18.9. The summed E-state index contributed by atoms with van der Waals surface area (Å²) >= 11 is 1.51. The molecule has 2 aromatic rings. The van der Waals surface area contributed by atoms with Crippen molar-refractivity contribution in [3.8, 4) is 0 Å². The molecule has 2 heterocycles. The van der Waals surface area contributed by atoms with Gasteiger partial charge in [0.15, 0.2) is 0 Å². The van der Waals surface area contributed by atoms with E-state index in [4.69, 9.17) is 9.47 Å². The summed E-state index contributed by atoms with van der Waals surface area (Å²) in [5.74, 6) is -1.35. The number of ether oxygens (including phenoxy) is 2. The number of carbonyl (C=O) groups excluding carboxylic acids is 2. The van der Waals surface area contributed by atoms with Crippen molar-refractivity contribution < 1.29 is 27.5 Å². The molecule has 1 amide bonds. The van der Waals surface area contributed by atoms with Gasteiger partial charge in [-0.05, 0) is 30.5 Å². The van der Waals surface area contributed by atoms with E-state index in [9.17, 15) is 18.0 Å². The van der Waals surface area contributed by atoms with Crippen LogP contribution in [0.5, 0.6) is 0 Å². The topological polar surface area (TPSA) is 115 Å². The van der Waals surface area contributed by atoms with Crippen molar-refractivity contribution in [3.05, 3.63) is 45.9 Å². The van der Waals surface area contributed by atoms with Gasteiger partial charge in [-0.3, -0.25) is 4.79 Å². The third-order valence-electron chi connectivity index (χ3n) is 5.18. The highest BCUT2D eigenvalue weighted by atomic mass is 32.2. The number of carbonyl (C=O) groups is 2. The van der Waals surface area contributed by atoms with E-state index in [1.807, 2.05) is 12.3 Å². The number of benzene rings is 1. The Kier molecular flexibility index (Phi) is 8.57. The summed E-state index contributed by atoms with van der Waals surface area (Å²) in [6, 6.07) is 4.91. The van der Waals surface area contributed by atoms with Gasteiger partial charge in [0.25, 0.3) is 5.91 Å². The standard InChI is InChI=1S/C22H29N3O6S2/c1-4-19-23-17(14-32-19)13-31-22(27)20(15(2)3)24-21(26)16-6-5-7-18(12-16)33(28,29)25-8-10-30-11-9-25/h5-7,12,14-15,20H,4,8-11,13H2,1-3H3,(H,24,26)/t20-/m0/s1. The molecule has 0 spiro atoms. The Bertz CT molecular complexity index is 1080. The SMILES string of the molecule is CCc1nc(COC(=O)[C@@H](NC(=O)c2cccc(S(=O)(=O)N3CCOCC3)c2)C(C)C)cs1. The lowest BCUT2D eigenvalue weighted by atomic mass is 10.0. The minimum absolute atomic E-state index is 0.0241. The van der Waals surface area contributed by atoms with E-state index in [2.05, 4.69) is 10.3 Å². The van der Waals surface area contributed by atoms with Gasteiger partial charge in [-0.2, -0.15) is 4.31 Å². The number of sulfonamides is 1. The Morgan fingerprint density at radius 1 is 1.27 bits per heavy atom. The molecule has 1 aromatic carbocycles. The average Bonchev–Trinajstić information content (AvgIpc) is 3.29. The molecule has 11 heteroatoms. The number of esters is 1. The highest BCUT2D eigenvalue weighted by Gasteiger charge is 2.29. The van der Waals surface area contributed by atoms with Crippen molar-refractivity contribution in [1.29, 1.82) is 0 Å². The van der Waals surface area contributed by atoms with Gasteiger partial charge in [-0.25, -0.2) is 18.2 Å². The van der Waals surface area contributed by atoms with Crippen LogP contribution in [0.2, 0.25) is 0 Å². The van der Waals surface area contributed by atoms with Gasteiger partial charge >= 0.3 is 5.97 Å². The quantitative estimate of drug-likeness (QED) is 0.531. The summed E-state index contributed by atoms with van der Waals surface area (Å²) < 4.78 is 37.7. The molecule has 180 valence electrons. The Labute approximate surface area is 198 Å². The van der Waals surface area contributed by atoms with E-state index in [0.29, 0.717) is 18.9 Å². The van der Waals surface area contributed by atoms with Crippen molar-refractivity contribution >= 4 is 33.2 Å². The number of nitrogens with zero attached hydrogens (tertiary/aromatic N) is 2. The van der Waals surface area contributed by atoms with Crippen LogP contribution >= 0.6 is 11.3 Å². The highest BCUT2D eigenvalue weighted by molar-refractivity contribution is 7.89. The summed E-state index contributed by atoms with van der Waals surface area (Å²) in [7, 11) is -3.74. The molecule has 33 heavy (non-hydrogen) atoms. The lowest BCUT2D eigenvalue weighted by Gasteiger charge is -2.26. The van der Waals surface area contributed by atoms with Gasteiger partial charge in [-0.15, -0.1) is 11.3 Å². The lowest BCUT2D eigenvalue weighted by Crippen LogP contribution is -2.45. The first-order chi connectivity index (χ1) is 15.7. The van der Waals surface area contributed by atoms with Gasteiger partial charge in [0.05, 0.1) is 28.8 Å². The minimum Gasteiger partial charge on any atom is -0.458 e. The second kappa shape index (κ2) is 11.2. The van der Waals surface area contributed by atoms with E-state index >= 15 is 0 Å². The van der Waals surface area contributed by atoms with E-state index in [-0.39, 0.29) is 36.1 Å². The van der Waals surface area contributed by atoms with Crippen LogP contribution < -0.4 is 5.32 Å². The Balaban J connectivity index is 1.68. The Morgan fingerprint density at radius 2 is 2.00 bits per heavy atom. The molecule has 0 saturated carbocycles.